The number of aliphatic hydroxyl groups is 1. The first-order chi connectivity index (χ1) is 21.2. The first-order valence-electron chi connectivity index (χ1n) is 14.5. The number of anilines is 1. The largest absolute Gasteiger partial charge is 0.463 e. The van der Waals surface area contributed by atoms with Crippen molar-refractivity contribution in [3.8, 4) is 0 Å². The topological polar surface area (TPSA) is 125 Å². The molecule has 0 unspecified atom stereocenters. The van der Waals surface area contributed by atoms with Crippen LogP contribution < -0.4 is 10.2 Å². The predicted molar refractivity (Wildman–Crippen MR) is 165 cm³/mol. The van der Waals surface area contributed by atoms with Crippen LogP contribution >= 0.6 is 27.5 Å². The zero-order valence-corrected chi connectivity index (χ0v) is 25.9. The summed E-state index contributed by atoms with van der Waals surface area (Å²) < 4.78 is 12.6. The molecule has 4 aliphatic heterocycles. The van der Waals surface area contributed by atoms with Gasteiger partial charge in [0.25, 0.3) is 5.91 Å². The quantitative estimate of drug-likeness (QED) is 0.374. The van der Waals surface area contributed by atoms with Crippen LogP contribution in [0.3, 0.4) is 0 Å². The number of halogens is 2. The highest BCUT2D eigenvalue weighted by atomic mass is 79.9. The van der Waals surface area contributed by atoms with Crippen LogP contribution in [-0.2, 0) is 28.7 Å². The van der Waals surface area contributed by atoms with Crippen LogP contribution in [0.4, 0.5) is 5.69 Å². The second kappa shape index (κ2) is 12.5. The van der Waals surface area contributed by atoms with Gasteiger partial charge >= 0.3 is 5.97 Å². The maximum absolute atomic E-state index is 14.6. The number of ether oxygens (including phenoxy) is 2. The van der Waals surface area contributed by atoms with E-state index in [0.29, 0.717) is 21.6 Å². The average Bonchev–Trinajstić information content (AvgIpc) is 3.61. The van der Waals surface area contributed by atoms with E-state index in [1.807, 2.05) is 30.3 Å². The molecule has 10 nitrogen and oxygen atoms in total. The van der Waals surface area contributed by atoms with Crippen molar-refractivity contribution in [2.75, 3.05) is 31.2 Å². The summed E-state index contributed by atoms with van der Waals surface area (Å²) in [6.45, 7) is -0.471. The lowest BCUT2D eigenvalue weighted by Crippen LogP contribution is -2.56. The van der Waals surface area contributed by atoms with Gasteiger partial charge in [0.2, 0.25) is 11.8 Å². The van der Waals surface area contributed by atoms with Gasteiger partial charge in [-0.3, -0.25) is 19.2 Å². The number of cyclic esters (lactones) is 1. The molecule has 0 radical (unpaired) electrons. The zero-order valence-electron chi connectivity index (χ0n) is 23.6. The van der Waals surface area contributed by atoms with Gasteiger partial charge in [0.15, 0.2) is 0 Å². The minimum absolute atomic E-state index is 0.0978. The lowest BCUT2D eigenvalue weighted by molar-refractivity contribution is -0.145. The number of amides is 3. The van der Waals surface area contributed by atoms with Crippen molar-refractivity contribution in [3.05, 3.63) is 87.9 Å². The van der Waals surface area contributed by atoms with E-state index in [1.54, 1.807) is 42.5 Å². The van der Waals surface area contributed by atoms with Crippen molar-refractivity contribution in [1.82, 2.24) is 10.2 Å². The molecule has 0 aromatic heterocycles. The van der Waals surface area contributed by atoms with E-state index in [9.17, 15) is 24.3 Å². The number of likely N-dealkylation sites (tertiary alicyclic amines) is 1. The normalized spacial score (nSPS) is 31.4. The molecule has 44 heavy (non-hydrogen) atoms. The highest BCUT2D eigenvalue weighted by Gasteiger charge is 2.74. The predicted octanol–water partition coefficient (Wildman–Crippen LogP) is 3.29. The number of benzene rings is 2. The molecule has 2 saturated heterocycles. The van der Waals surface area contributed by atoms with E-state index in [4.69, 9.17) is 21.1 Å². The zero-order chi connectivity index (χ0) is 31.0. The minimum Gasteiger partial charge on any atom is -0.463 e. The fourth-order valence-corrected chi connectivity index (χ4v) is 7.52. The van der Waals surface area contributed by atoms with Gasteiger partial charge in [0.05, 0.1) is 24.5 Å². The summed E-state index contributed by atoms with van der Waals surface area (Å²) in [4.78, 5) is 58.3. The number of carbonyl (C=O) groups is 4. The third kappa shape index (κ3) is 5.36. The molecule has 1 spiro atoms. The molecule has 2 aromatic carbocycles. The summed E-state index contributed by atoms with van der Waals surface area (Å²) in [6, 6.07) is 14.0. The molecule has 4 heterocycles. The van der Waals surface area contributed by atoms with E-state index in [1.165, 1.54) is 9.80 Å². The molecule has 230 valence electrons. The molecule has 0 aliphatic carbocycles. The Kier molecular flexibility index (Phi) is 8.65. The first kappa shape index (κ1) is 30.5. The van der Waals surface area contributed by atoms with Gasteiger partial charge in [-0.1, -0.05) is 70.0 Å². The highest BCUT2D eigenvalue weighted by Crippen LogP contribution is 2.58. The number of carbonyl (C=O) groups excluding carboxylic acids is 4. The van der Waals surface area contributed by atoms with Crippen LogP contribution in [0.5, 0.6) is 0 Å². The molecular weight excluding hydrogens is 654 g/mol. The van der Waals surface area contributed by atoms with Gasteiger partial charge in [-0.15, -0.1) is 0 Å². The summed E-state index contributed by atoms with van der Waals surface area (Å²) >= 11 is 9.68. The summed E-state index contributed by atoms with van der Waals surface area (Å²) in [5.41, 5.74) is -0.189. The third-order valence-corrected chi connectivity index (χ3v) is 9.54. The second-order valence-corrected chi connectivity index (χ2v) is 12.5. The molecule has 3 amide bonds. The minimum atomic E-state index is -1.45. The first-order valence-corrected chi connectivity index (χ1v) is 15.6. The Morgan fingerprint density at radius 2 is 1.77 bits per heavy atom. The van der Waals surface area contributed by atoms with Crippen molar-refractivity contribution < 1.29 is 33.8 Å². The highest BCUT2D eigenvalue weighted by molar-refractivity contribution is 9.11. The third-order valence-electron chi connectivity index (χ3n) is 8.61. The Labute approximate surface area is 267 Å². The number of hydrogen-bond acceptors (Lipinski definition) is 7. The fraction of sp³-hybridized carbons (Fsp3) is 0.375. The van der Waals surface area contributed by atoms with E-state index in [-0.39, 0.29) is 32.7 Å². The van der Waals surface area contributed by atoms with Crippen molar-refractivity contribution in [2.45, 2.75) is 36.6 Å². The second-order valence-electron chi connectivity index (χ2n) is 11.2. The number of hydrogen-bond donors (Lipinski definition) is 2. The number of aliphatic hydroxyl groups excluding tert-OH is 1. The van der Waals surface area contributed by atoms with Crippen LogP contribution in [0.1, 0.15) is 24.4 Å². The number of β-amino-alcohol motifs (C(OH)–C–C–N with tert-alkyl or cyclic N) is 1. The van der Waals surface area contributed by atoms with Gasteiger partial charge in [-0.25, -0.2) is 0 Å². The molecular formula is C32H31BrClN3O7. The number of rotatable bonds is 4. The molecule has 2 aromatic rings. The number of esters is 1. The molecule has 0 saturated carbocycles. The Bertz CT molecular complexity index is 1520. The van der Waals surface area contributed by atoms with E-state index in [2.05, 4.69) is 21.2 Å². The van der Waals surface area contributed by atoms with Crippen LogP contribution in [-0.4, -0.2) is 77.7 Å². The fourth-order valence-electron chi connectivity index (χ4n) is 6.66. The van der Waals surface area contributed by atoms with Crippen LogP contribution in [0.2, 0.25) is 5.02 Å². The summed E-state index contributed by atoms with van der Waals surface area (Å²) in [7, 11) is 0. The summed E-state index contributed by atoms with van der Waals surface area (Å²) in [6.07, 6.45) is 4.98. The van der Waals surface area contributed by atoms with Gasteiger partial charge in [-0.05, 0) is 42.3 Å². The van der Waals surface area contributed by atoms with Gasteiger partial charge < -0.3 is 29.7 Å². The summed E-state index contributed by atoms with van der Waals surface area (Å²) in [5, 5.41) is 13.4. The Morgan fingerprint density at radius 3 is 2.50 bits per heavy atom. The van der Waals surface area contributed by atoms with Gasteiger partial charge in [-0.2, -0.15) is 0 Å². The standard InChI is InChI=1S/C32H31BrClN3O7/c33-22-17-32-26-25(27(22)44-32)29(40)35-23(19-7-3-1-4-8-19)18-43-24(39)9-5-2-6-14-36(21-12-10-20(34)11-13-21)31(42)28(32)37(15-16-38)30(26)41/h1-4,6-8,10-13,17,23,25-28,38H,5,9,14-16,18H2,(H,35,40)/b6-2-/t23-,25-,26+,27-,28-,32+/m0/s1. The van der Waals surface area contributed by atoms with Crippen molar-refractivity contribution in [3.63, 3.8) is 0 Å². The monoisotopic (exact) mass is 683 g/mol. The average molecular weight is 685 g/mol. The van der Waals surface area contributed by atoms with E-state index in [0.717, 1.165) is 5.56 Å². The number of nitrogens with zero attached hydrogens (tertiary/aromatic N) is 2. The van der Waals surface area contributed by atoms with Gasteiger partial charge in [0.1, 0.15) is 24.4 Å². The van der Waals surface area contributed by atoms with Crippen LogP contribution in [0.25, 0.3) is 0 Å². The molecule has 6 atom stereocenters. The Morgan fingerprint density at radius 1 is 1.02 bits per heavy atom. The number of nitrogens with one attached hydrogen (secondary N) is 1. The molecule has 12 heteroatoms. The lowest BCUT2D eigenvalue weighted by Gasteiger charge is -2.35. The van der Waals surface area contributed by atoms with Gasteiger partial charge in [0, 0.05) is 34.7 Å². The van der Waals surface area contributed by atoms with Crippen LogP contribution in [0.15, 0.2) is 77.3 Å². The maximum Gasteiger partial charge on any atom is 0.306 e. The molecule has 5 bridgehead atoms. The molecule has 6 rings (SSSR count). The number of allylic oxidation sites excluding steroid dienone is 1. The SMILES string of the molecule is O=C1CC/C=C\CN(c2ccc(Cl)cc2)C(=O)[C@@H]2N(CCO)C(=O)[C@H]3[C@H](C(=O)N[C@H](c4ccccc4)CO1)[C@H]1O[C@@]23C=C1Br. The van der Waals surface area contributed by atoms with Crippen molar-refractivity contribution >= 4 is 56.9 Å². The van der Waals surface area contributed by atoms with E-state index < -0.39 is 59.3 Å². The van der Waals surface area contributed by atoms with Crippen molar-refractivity contribution in [2.24, 2.45) is 11.8 Å². The van der Waals surface area contributed by atoms with E-state index >= 15 is 0 Å². The lowest BCUT2D eigenvalue weighted by atomic mass is 9.74. The molecule has 4 aliphatic rings. The maximum atomic E-state index is 14.6. The van der Waals surface area contributed by atoms with Crippen molar-refractivity contribution in [1.29, 1.82) is 0 Å². The number of fused-ring (bicyclic) bond motifs is 2. The Hall–Kier alpha value is -3.51. The summed E-state index contributed by atoms with van der Waals surface area (Å²) in [5.74, 6) is -3.80. The smallest absolute Gasteiger partial charge is 0.306 e. The Balaban J connectivity index is 1.44. The molecule has 2 fully saturated rings. The molecule has 2 N–H and O–H groups in total. The van der Waals surface area contributed by atoms with Crippen LogP contribution in [0, 0.1) is 11.8 Å².